The summed E-state index contributed by atoms with van der Waals surface area (Å²) in [6.07, 6.45) is 2.76. The fourth-order valence-corrected chi connectivity index (χ4v) is 5.64. The second-order valence-corrected chi connectivity index (χ2v) is 11.5. The zero-order valence-corrected chi connectivity index (χ0v) is 25.4. The van der Waals surface area contributed by atoms with E-state index in [1.807, 2.05) is 0 Å². The van der Waals surface area contributed by atoms with Crippen molar-refractivity contribution in [3.63, 3.8) is 0 Å². The number of hydrogen-bond acceptors (Lipinski definition) is 7. The molecule has 0 spiro atoms. The first-order valence-corrected chi connectivity index (χ1v) is 15.1. The minimum Gasteiger partial charge on any atom is -0.496 e. The van der Waals surface area contributed by atoms with Crippen molar-refractivity contribution in [1.82, 2.24) is 15.2 Å². The Bertz CT molecular complexity index is 1840. The first-order valence-electron chi connectivity index (χ1n) is 15.1. The maximum absolute atomic E-state index is 13.2. The van der Waals surface area contributed by atoms with Crippen molar-refractivity contribution in [2.45, 2.75) is 31.7 Å². The Hall–Kier alpha value is -5.72. The van der Waals surface area contributed by atoms with Gasteiger partial charge in [-0.1, -0.05) is 0 Å². The van der Waals surface area contributed by atoms with Crippen LogP contribution in [0.5, 0.6) is 17.2 Å². The molecule has 6 rings (SSSR count). The van der Waals surface area contributed by atoms with Crippen molar-refractivity contribution in [2.75, 3.05) is 30.8 Å². The molecule has 4 N–H and O–H groups in total. The lowest BCUT2D eigenvalue weighted by atomic mass is 10.0. The number of carbonyl (C=O) groups excluding carboxylic acids is 3. The predicted octanol–water partition coefficient (Wildman–Crippen LogP) is 5.40. The third kappa shape index (κ3) is 6.64. The van der Waals surface area contributed by atoms with Gasteiger partial charge in [-0.05, 0) is 86.3 Å². The number of anilines is 2. The Morgan fingerprint density at radius 3 is 2.23 bits per heavy atom. The number of nitrogens with one attached hydrogen (secondary N) is 3. The van der Waals surface area contributed by atoms with Gasteiger partial charge in [0, 0.05) is 42.1 Å². The number of benzene rings is 3. The first-order chi connectivity index (χ1) is 22.7. The lowest BCUT2D eigenvalue weighted by Crippen LogP contribution is -2.42. The zero-order chi connectivity index (χ0) is 33.1. The molecule has 242 valence electrons. The van der Waals surface area contributed by atoms with Crippen molar-refractivity contribution in [3.8, 4) is 17.2 Å². The van der Waals surface area contributed by atoms with Crippen LogP contribution in [-0.4, -0.2) is 65.0 Å². The molecule has 1 atom stereocenters. The van der Waals surface area contributed by atoms with Crippen LogP contribution < -0.4 is 25.4 Å². The highest BCUT2D eigenvalue weighted by Crippen LogP contribution is 2.47. The van der Waals surface area contributed by atoms with Crippen LogP contribution >= 0.6 is 0 Å². The number of rotatable bonds is 10. The minimum absolute atomic E-state index is 0.172. The van der Waals surface area contributed by atoms with Gasteiger partial charge in [0.05, 0.1) is 24.2 Å². The highest BCUT2D eigenvalue weighted by Gasteiger charge is 2.56. The van der Waals surface area contributed by atoms with Gasteiger partial charge in [-0.25, -0.2) is 9.18 Å². The number of nitrogens with zero attached hydrogens (tertiary/aromatic N) is 2. The third-order valence-corrected chi connectivity index (χ3v) is 8.45. The smallest absolute Gasteiger partial charge is 0.407 e. The fraction of sp³-hybridized carbons (Fsp3) is 0.265. The quantitative estimate of drug-likeness (QED) is 0.168. The van der Waals surface area contributed by atoms with E-state index in [1.54, 1.807) is 48.7 Å². The molecule has 0 bridgehead atoms. The van der Waals surface area contributed by atoms with E-state index in [0.29, 0.717) is 65.3 Å². The van der Waals surface area contributed by atoms with Crippen LogP contribution in [0.25, 0.3) is 10.9 Å². The minimum atomic E-state index is -1.20. The number of fused-ring (bicyclic) bond motifs is 1. The zero-order valence-electron chi connectivity index (χ0n) is 25.4. The Morgan fingerprint density at radius 2 is 1.62 bits per heavy atom. The van der Waals surface area contributed by atoms with Gasteiger partial charge in [0.2, 0.25) is 11.8 Å². The number of carbonyl (C=O) groups is 4. The number of hydrogen-bond donors (Lipinski definition) is 4. The number of methoxy groups -OCH3 is 1. The summed E-state index contributed by atoms with van der Waals surface area (Å²) in [4.78, 5) is 56.4. The SMILES string of the molecule is COc1cc2nccc(Oc3ccc(NC(=O)C4(C(=O)Nc5ccc(F)cc5)CC4)cc3)c2cc1C(=O)NC[C@H]1CCCN1C(=O)O. The molecule has 1 aliphatic heterocycles. The van der Waals surface area contributed by atoms with Gasteiger partial charge in [0.25, 0.3) is 5.91 Å². The molecule has 3 aromatic carbocycles. The molecular weight excluding hydrogens is 609 g/mol. The Labute approximate surface area is 268 Å². The van der Waals surface area contributed by atoms with Gasteiger partial charge >= 0.3 is 6.09 Å². The highest BCUT2D eigenvalue weighted by molar-refractivity contribution is 6.17. The van der Waals surface area contributed by atoms with Crippen LogP contribution in [0.1, 0.15) is 36.0 Å². The summed E-state index contributed by atoms with van der Waals surface area (Å²) in [7, 11) is 1.45. The first kappa shape index (κ1) is 31.3. The number of aromatic nitrogens is 1. The van der Waals surface area contributed by atoms with Crippen molar-refractivity contribution >= 4 is 46.1 Å². The monoisotopic (exact) mass is 641 g/mol. The van der Waals surface area contributed by atoms with Gasteiger partial charge in [-0.3, -0.25) is 19.4 Å². The topological polar surface area (TPSA) is 159 Å². The summed E-state index contributed by atoms with van der Waals surface area (Å²) < 4.78 is 24.8. The summed E-state index contributed by atoms with van der Waals surface area (Å²) in [5.41, 5.74) is 0.449. The summed E-state index contributed by atoms with van der Waals surface area (Å²) in [6.45, 7) is 0.608. The molecule has 12 nitrogen and oxygen atoms in total. The Balaban J connectivity index is 1.13. The van der Waals surface area contributed by atoms with Crippen molar-refractivity contribution in [2.24, 2.45) is 5.41 Å². The molecule has 0 radical (unpaired) electrons. The van der Waals surface area contributed by atoms with E-state index in [9.17, 15) is 28.7 Å². The van der Waals surface area contributed by atoms with E-state index < -0.39 is 35.0 Å². The molecule has 2 fully saturated rings. The lowest BCUT2D eigenvalue weighted by Gasteiger charge is -2.22. The van der Waals surface area contributed by atoms with E-state index in [4.69, 9.17) is 9.47 Å². The predicted molar refractivity (Wildman–Crippen MR) is 170 cm³/mol. The number of ether oxygens (including phenoxy) is 2. The van der Waals surface area contributed by atoms with Crippen LogP contribution in [0.15, 0.2) is 72.9 Å². The summed E-state index contributed by atoms with van der Waals surface area (Å²) in [5, 5.41) is 18.3. The number of likely N-dealkylation sites (tertiary alicyclic amines) is 1. The molecule has 4 amide bonds. The van der Waals surface area contributed by atoms with Crippen molar-refractivity contribution in [3.05, 3.63) is 84.3 Å². The number of amides is 4. The molecular formula is C34H32FN5O7. The second-order valence-electron chi connectivity index (χ2n) is 11.5. The number of carboxylic acid groups (broad SMARTS) is 1. The van der Waals surface area contributed by atoms with Crippen molar-refractivity contribution in [1.29, 1.82) is 0 Å². The molecule has 1 saturated carbocycles. The molecule has 1 aromatic heterocycles. The standard InChI is InChI=1S/C34H32FN5O7/c1-46-29-18-27-25(17-26(29)30(41)37-19-23-3-2-16-40(23)33(44)45)28(12-15-36-27)47-24-10-8-22(9-11-24)39-32(43)34(13-14-34)31(42)38-21-6-4-20(35)5-7-21/h4-12,15,17-18,23H,2-3,13-14,16,19H2,1H3,(H,37,41)(H,38,42)(H,39,43)(H,44,45)/t23-/m1/s1. The molecule has 1 saturated heterocycles. The third-order valence-electron chi connectivity index (χ3n) is 8.45. The fourth-order valence-electron chi connectivity index (χ4n) is 5.64. The summed E-state index contributed by atoms with van der Waals surface area (Å²) in [6, 6.07) is 16.6. The largest absolute Gasteiger partial charge is 0.496 e. The van der Waals surface area contributed by atoms with E-state index in [2.05, 4.69) is 20.9 Å². The van der Waals surface area contributed by atoms with E-state index in [-0.39, 0.29) is 18.2 Å². The number of halogens is 1. The van der Waals surface area contributed by atoms with Crippen LogP contribution in [0, 0.1) is 11.2 Å². The molecule has 1 aliphatic carbocycles. The molecule has 2 heterocycles. The van der Waals surface area contributed by atoms with Crippen LogP contribution in [0.4, 0.5) is 20.6 Å². The van der Waals surface area contributed by atoms with Crippen LogP contribution in [-0.2, 0) is 9.59 Å². The van der Waals surface area contributed by atoms with Gasteiger partial charge in [0.1, 0.15) is 28.5 Å². The van der Waals surface area contributed by atoms with Crippen molar-refractivity contribution < 1.29 is 38.1 Å². The van der Waals surface area contributed by atoms with Gasteiger partial charge in [0.15, 0.2) is 0 Å². The molecule has 4 aromatic rings. The maximum atomic E-state index is 13.2. The van der Waals surface area contributed by atoms with E-state index >= 15 is 0 Å². The van der Waals surface area contributed by atoms with Gasteiger partial charge in [-0.2, -0.15) is 0 Å². The average Bonchev–Trinajstić information content (AvgIpc) is 3.76. The lowest BCUT2D eigenvalue weighted by molar-refractivity contribution is -0.131. The Kier molecular flexibility index (Phi) is 8.61. The number of pyridine rings is 1. The van der Waals surface area contributed by atoms with Gasteiger partial charge < -0.3 is 35.4 Å². The summed E-state index contributed by atoms with van der Waals surface area (Å²) in [5.74, 6) is -0.554. The Morgan fingerprint density at radius 1 is 0.957 bits per heavy atom. The van der Waals surface area contributed by atoms with E-state index in [1.165, 1.54) is 36.3 Å². The molecule has 13 heteroatoms. The maximum Gasteiger partial charge on any atom is 0.407 e. The molecule has 47 heavy (non-hydrogen) atoms. The van der Waals surface area contributed by atoms with Crippen LogP contribution in [0.3, 0.4) is 0 Å². The molecule has 0 unspecified atom stereocenters. The molecule has 2 aliphatic rings. The highest BCUT2D eigenvalue weighted by atomic mass is 19.1. The van der Waals surface area contributed by atoms with E-state index in [0.717, 1.165) is 6.42 Å². The second kappa shape index (κ2) is 12.9. The summed E-state index contributed by atoms with van der Waals surface area (Å²) >= 11 is 0. The van der Waals surface area contributed by atoms with Crippen LogP contribution in [0.2, 0.25) is 0 Å². The van der Waals surface area contributed by atoms with Gasteiger partial charge in [-0.15, -0.1) is 0 Å². The average molecular weight is 642 g/mol. The normalized spacial score (nSPS) is 16.3.